The zero-order valence-corrected chi connectivity index (χ0v) is 11.3. The number of halogens is 1. The van der Waals surface area contributed by atoms with Crippen LogP contribution in [0.4, 0.5) is 0 Å². The van der Waals surface area contributed by atoms with Gasteiger partial charge in [-0.25, -0.2) is 0 Å². The molecule has 0 aromatic carbocycles. The monoisotopic (exact) mass is 268 g/mol. The molecule has 0 aromatic heterocycles. The third-order valence-corrected chi connectivity index (χ3v) is 3.41. The van der Waals surface area contributed by atoms with Crippen LogP contribution in [0.1, 0.15) is 12.8 Å². The molecule has 1 atom stereocenters. The average Bonchev–Trinajstić information content (AvgIpc) is 2.26. The van der Waals surface area contributed by atoms with E-state index in [9.17, 15) is 4.79 Å². The predicted molar refractivity (Wildman–Crippen MR) is 70.5 cm³/mol. The maximum atomic E-state index is 11.5. The summed E-state index contributed by atoms with van der Waals surface area (Å²) in [6, 6.07) is 0.353. The summed E-state index contributed by atoms with van der Waals surface area (Å²) in [4.78, 5) is 11.5. The number of rotatable bonds is 6. The van der Waals surface area contributed by atoms with Gasteiger partial charge in [-0.15, -0.1) is 12.4 Å². The molecule has 2 N–H and O–H groups in total. The Hall–Kier alpha value is 0.0300. The standard InChI is InChI=1S/C10H20N2O2S.ClH/c1-14-5-2-3-12-10(13)7-9-8-15-6-4-11-9;/h9,11H,2-8H2,1H3,(H,12,13);1H. The number of thioether (sulfide) groups is 1. The Labute approximate surface area is 108 Å². The molecule has 0 radical (unpaired) electrons. The van der Waals surface area contributed by atoms with E-state index in [1.165, 1.54) is 0 Å². The van der Waals surface area contributed by atoms with Gasteiger partial charge in [-0.05, 0) is 6.42 Å². The Kier molecular flexibility index (Phi) is 10.2. The summed E-state index contributed by atoms with van der Waals surface area (Å²) in [7, 11) is 1.67. The fourth-order valence-electron chi connectivity index (χ4n) is 1.49. The number of methoxy groups -OCH3 is 1. The van der Waals surface area contributed by atoms with Gasteiger partial charge in [-0.1, -0.05) is 0 Å². The lowest BCUT2D eigenvalue weighted by Crippen LogP contribution is -2.41. The van der Waals surface area contributed by atoms with E-state index in [-0.39, 0.29) is 18.3 Å². The Bertz CT molecular complexity index is 190. The molecule has 0 spiro atoms. The second-order valence-electron chi connectivity index (χ2n) is 3.63. The Balaban J connectivity index is 0.00000225. The first-order valence-electron chi connectivity index (χ1n) is 5.39. The number of nitrogens with one attached hydrogen (secondary N) is 2. The van der Waals surface area contributed by atoms with Gasteiger partial charge in [0.25, 0.3) is 0 Å². The van der Waals surface area contributed by atoms with Gasteiger partial charge in [0.2, 0.25) is 5.91 Å². The maximum Gasteiger partial charge on any atom is 0.221 e. The van der Waals surface area contributed by atoms with E-state index in [1.54, 1.807) is 7.11 Å². The summed E-state index contributed by atoms with van der Waals surface area (Å²) in [6.07, 6.45) is 1.48. The second-order valence-corrected chi connectivity index (χ2v) is 4.78. The summed E-state index contributed by atoms with van der Waals surface area (Å²) in [5, 5.41) is 6.24. The summed E-state index contributed by atoms with van der Waals surface area (Å²) in [6.45, 7) is 2.44. The molecule has 0 bridgehead atoms. The number of hydrogen-bond acceptors (Lipinski definition) is 4. The van der Waals surface area contributed by atoms with Crippen LogP contribution in [-0.4, -0.2) is 50.3 Å². The molecule has 16 heavy (non-hydrogen) atoms. The zero-order valence-electron chi connectivity index (χ0n) is 9.66. The van der Waals surface area contributed by atoms with Gasteiger partial charge in [-0.2, -0.15) is 11.8 Å². The lowest BCUT2D eigenvalue weighted by Gasteiger charge is -2.22. The highest BCUT2D eigenvalue weighted by atomic mass is 35.5. The van der Waals surface area contributed by atoms with Gasteiger partial charge < -0.3 is 15.4 Å². The third-order valence-electron chi connectivity index (χ3n) is 2.28. The molecule has 4 nitrogen and oxygen atoms in total. The van der Waals surface area contributed by atoms with E-state index in [2.05, 4.69) is 10.6 Å². The molecule has 1 heterocycles. The first-order valence-corrected chi connectivity index (χ1v) is 6.55. The summed E-state index contributed by atoms with van der Waals surface area (Å²) < 4.78 is 4.91. The molecule has 0 saturated carbocycles. The first-order chi connectivity index (χ1) is 7.33. The van der Waals surface area contributed by atoms with Crippen molar-refractivity contribution in [3.63, 3.8) is 0 Å². The number of amides is 1. The van der Waals surface area contributed by atoms with Crippen LogP contribution in [-0.2, 0) is 9.53 Å². The zero-order chi connectivity index (χ0) is 10.9. The maximum absolute atomic E-state index is 11.5. The summed E-state index contributed by atoms with van der Waals surface area (Å²) in [5.74, 6) is 2.35. The van der Waals surface area contributed by atoms with Gasteiger partial charge in [0.1, 0.15) is 0 Å². The number of carbonyl (C=O) groups is 1. The van der Waals surface area contributed by atoms with Gasteiger partial charge in [0.15, 0.2) is 0 Å². The van der Waals surface area contributed by atoms with Crippen LogP contribution in [0.5, 0.6) is 0 Å². The summed E-state index contributed by atoms with van der Waals surface area (Å²) >= 11 is 1.91. The van der Waals surface area contributed by atoms with E-state index in [0.29, 0.717) is 25.6 Å². The van der Waals surface area contributed by atoms with Crippen LogP contribution in [0.25, 0.3) is 0 Å². The molecular weight excluding hydrogens is 248 g/mol. The van der Waals surface area contributed by atoms with Gasteiger partial charge in [0.05, 0.1) is 0 Å². The minimum atomic E-state index is 0. The highest BCUT2D eigenvalue weighted by molar-refractivity contribution is 7.99. The molecule has 1 unspecified atom stereocenters. The smallest absolute Gasteiger partial charge is 0.221 e. The molecule has 6 heteroatoms. The van der Waals surface area contributed by atoms with Crippen molar-refractivity contribution >= 4 is 30.1 Å². The molecule has 96 valence electrons. The topological polar surface area (TPSA) is 50.4 Å². The number of hydrogen-bond donors (Lipinski definition) is 2. The lowest BCUT2D eigenvalue weighted by atomic mass is 10.2. The number of carbonyl (C=O) groups excluding carboxylic acids is 1. The molecule has 0 aliphatic carbocycles. The second kappa shape index (κ2) is 10.2. The van der Waals surface area contributed by atoms with Crippen molar-refractivity contribution in [1.82, 2.24) is 10.6 Å². The predicted octanol–water partition coefficient (Wildman–Crippen LogP) is 0.656. The van der Waals surface area contributed by atoms with E-state index in [1.807, 2.05) is 11.8 Å². The third kappa shape index (κ3) is 7.33. The van der Waals surface area contributed by atoms with Crippen LogP contribution >= 0.6 is 24.2 Å². The molecular formula is C10H21ClN2O2S. The normalized spacial score (nSPS) is 19.9. The minimum absolute atomic E-state index is 0. The van der Waals surface area contributed by atoms with Crippen molar-refractivity contribution < 1.29 is 9.53 Å². The van der Waals surface area contributed by atoms with Gasteiger partial charge in [0, 0.05) is 50.8 Å². The Morgan fingerprint density at radius 3 is 3.06 bits per heavy atom. The Morgan fingerprint density at radius 1 is 1.62 bits per heavy atom. The first kappa shape index (κ1) is 16.0. The van der Waals surface area contributed by atoms with Crippen molar-refractivity contribution in [3.05, 3.63) is 0 Å². The van der Waals surface area contributed by atoms with Crippen molar-refractivity contribution in [3.8, 4) is 0 Å². The molecule has 1 fully saturated rings. The van der Waals surface area contributed by atoms with Crippen LogP contribution in [0.2, 0.25) is 0 Å². The highest BCUT2D eigenvalue weighted by Gasteiger charge is 2.15. The van der Waals surface area contributed by atoms with Crippen molar-refractivity contribution in [1.29, 1.82) is 0 Å². The van der Waals surface area contributed by atoms with Gasteiger partial charge in [-0.3, -0.25) is 4.79 Å². The molecule has 1 saturated heterocycles. The van der Waals surface area contributed by atoms with E-state index < -0.39 is 0 Å². The van der Waals surface area contributed by atoms with E-state index >= 15 is 0 Å². The van der Waals surface area contributed by atoms with Crippen LogP contribution in [0.3, 0.4) is 0 Å². The van der Waals surface area contributed by atoms with E-state index in [4.69, 9.17) is 4.74 Å². The fraction of sp³-hybridized carbons (Fsp3) is 0.900. The van der Waals surface area contributed by atoms with E-state index in [0.717, 1.165) is 24.5 Å². The Morgan fingerprint density at radius 2 is 2.44 bits per heavy atom. The van der Waals surface area contributed by atoms with Crippen LogP contribution in [0, 0.1) is 0 Å². The minimum Gasteiger partial charge on any atom is -0.385 e. The SMILES string of the molecule is COCCCNC(=O)CC1CSCCN1.Cl. The average molecular weight is 269 g/mol. The number of ether oxygens (including phenoxy) is 1. The highest BCUT2D eigenvalue weighted by Crippen LogP contribution is 2.09. The van der Waals surface area contributed by atoms with Crippen LogP contribution < -0.4 is 10.6 Å². The van der Waals surface area contributed by atoms with Crippen LogP contribution in [0.15, 0.2) is 0 Å². The van der Waals surface area contributed by atoms with Crippen molar-refractivity contribution in [2.45, 2.75) is 18.9 Å². The molecule has 1 rings (SSSR count). The molecule has 1 aliphatic heterocycles. The van der Waals surface area contributed by atoms with Crippen molar-refractivity contribution in [2.75, 3.05) is 38.3 Å². The fourth-order valence-corrected chi connectivity index (χ4v) is 2.44. The largest absolute Gasteiger partial charge is 0.385 e. The van der Waals surface area contributed by atoms with Gasteiger partial charge >= 0.3 is 0 Å². The quantitative estimate of drug-likeness (QED) is 0.695. The molecule has 1 amide bonds. The molecule has 0 aromatic rings. The summed E-state index contributed by atoms with van der Waals surface area (Å²) in [5.41, 5.74) is 0. The molecule has 1 aliphatic rings. The van der Waals surface area contributed by atoms with Crippen molar-refractivity contribution in [2.24, 2.45) is 0 Å². The lowest BCUT2D eigenvalue weighted by molar-refractivity contribution is -0.121.